The first-order chi connectivity index (χ1) is 11.7. The van der Waals surface area contributed by atoms with Crippen LogP contribution in [0.2, 0.25) is 0 Å². The molecular weight excluding hydrogens is 311 g/mol. The lowest BCUT2D eigenvalue weighted by Gasteiger charge is -2.38. The predicted octanol–water partition coefficient (Wildman–Crippen LogP) is 1.37. The Kier molecular flexibility index (Phi) is 5.81. The van der Waals surface area contributed by atoms with Crippen molar-refractivity contribution in [3.8, 4) is 0 Å². The Morgan fingerprint density at radius 1 is 1.29 bits per heavy atom. The van der Waals surface area contributed by atoms with E-state index in [1.165, 1.54) is 6.07 Å². The number of hydrogen-bond acceptors (Lipinski definition) is 4. The van der Waals surface area contributed by atoms with Gasteiger partial charge in [0.15, 0.2) is 0 Å². The van der Waals surface area contributed by atoms with Crippen LogP contribution < -0.4 is 10.6 Å². The molecule has 1 aromatic carbocycles. The summed E-state index contributed by atoms with van der Waals surface area (Å²) in [6, 6.07) is 6.76. The second kappa shape index (κ2) is 8.05. The Morgan fingerprint density at radius 3 is 2.83 bits per heavy atom. The fourth-order valence-electron chi connectivity index (χ4n) is 3.46. The molecule has 2 fully saturated rings. The van der Waals surface area contributed by atoms with E-state index in [-0.39, 0.29) is 23.2 Å². The van der Waals surface area contributed by atoms with Crippen LogP contribution in [0.4, 0.5) is 4.39 Å². The molecule has 0 bridgehead atoms. The van der Waals surface area contributed by atoms with Gasteiger partial charge in [-0.25, -0.2) is 4.39 Å². The molecule has 1 atom stereocenters. The molecule has 0 aromatic heterocycles. The molecule has 1 unspecified atom stereocenters. The molecule has 2 saturated heterocycles. The maximum Gasteiger partial charge on any atom is 0.221 e. The van der Waals surface area contributed by atoms with Crippen molar-refractivity contribution in [3.05, 3.63) is 35.6 Å². The van der Waals surface area contributed by atoms with Gasteiger partial charge in [0.05, 0.1) is 13.2 Å². The Balaban J connectivity index is 1.63. The smallest absolute Gasteiger partial charge is 0.221 e. The molecule has 2 heterocycles. The number of nitrogens with one attached hydrogen (secondary N) is 2. The lowest BCUT2D eigenvalue weighted by atomic mass is 9.74. The fourth-order valence-corrected chi connectivity index (χ4v) is 3.46. The highest BCUT2D eigenvalue weighted by molar-refractivity contribution is 5.76. The third kappa shape index (κ3) is 4.32. The molecule has 6 heteroatoms. The van der Waals surface area contributed by atoms with E-state index in [2.05, 4.69) is 10.6 Å². The lowest BCUT2D eigenvalue weighted by molar-refractivity contribution is -0.122. The van der Waals surface area contributed by atoms with Gasteiger partial charge in [0, 0.05) is 44.2 Å². The highest BCUT2D eigenvalue weighted by Gasteiger charge is 2.35. The first-order valence-corrected chi connectivity index (χ1v) is 8.60. The zero-order valence-electron chi connectivity index (χ0n) is 13.9. The maximum atomic E-state index is 13.7. The second-order valence-electron chi connectivity index (χ2n) is 6.61. The standard InChI is InChI=1S/C18H25FN2O3/c19-15-3-1-2-14(10-15)18(4-7-23-8-5-18)13-21-17(22)11-16-12-24-9-6-20-16/h1-3,10,16,20H,4-9,11-13H2,(H,21,22). The zero-order chi connectivity index (χ0) is 16.8. The third-order valence-electron chi connectivity index (χ3n) is 4.94. The average molecular weight is 336 g/mol. The molecule has 2 N–H and O–H groups in total. The second-order valence-corrected chi connectivity index (χ2v) is 6.61. The van der Waals surface area contributed by atoms with Gasteiger partial charge in [0.2, 0.25) is 5.91 Å². The van der Waals surface area contributed by atoms with Crippen molar-refractivity contribution in [2.45, 2.75) is 30.7 Å². The fraction of sp³-hybridized carbons (Fsp3) is 0.611. The first kappa shape index (κ1) is 17.3. The van der Waals surface area contributed by atoms with Crippen LogP contribution in [0.1, 0.15) is 24.8 Å². The number of amides is 1. The van der Waals surface area contributed by atoms with Crippen LogP contribution in [0.15, 0.2) is 24.3 Å². The van der Waals surface area contributed by atoms with Crippen LogP contribution in [-0.4, -0.2) is 51.5 Å². The molecule has 24 heavy (non-hydrogen) atoms. The zero-order valence-corrected chi connectivity index (χ0v) is 13.9. The normalized spacial score (nSPS) is 23.6. The van der Waals surface area contributed by atoms with Crippen LogP contribution >= 0.6 is 0 Å². The van der Waals surface area contributed by atoms with Crippen molar-refractivity contribution < 1.29 is 18.7 Å². The van der Waals surface area contributed by atoms with Gasteiger partial charge in [0.25, 0.3) is 0 Å². The molecule has 3 rings (SSSR count). The van der Waals surface area contributed by atoms with E-state index in [1.54, 1.807) is 12.1 Å². The molecule has 1 amide bonds. The molecule has 1 aromatic rings. The summed E-state index contributed by atoms with van der Waals surface area (Å²) in [6.45, 7) is 3.81. The summed E-state index contributed by atoms with van der Waals surface area (Å²) in [5, 5.41) is 6.33. The highest BCUT2D eigenvalue weighted by Crippen LogP contribution is 2.34. The number of morpholine rings is 1. The monoisotopic (exact) mass is 336 g/mol. The van der Waals surface area contributed by atoms with E-state index in [0.717, 1.165) is 24.9 Å². The van der Waals surface area contributed by atoms with Crippen LogP contribution in [0.3, 0.4) is 0 Å². The van der Waals surface area contributed by atoms with Crippen molar-refractivity contribution in [2.24, 2.45) is 0 Å². The summed E-state index contributed by atoms with van der Waals surface area (Å²) >= 11 is 0. The van der Waals surface area contributed by atoms with Crippen molar-refractivity contribution in [1.29, 1.82) is 0 Å². The first-order valence-electron chi connectivity index (χ1n) is 8.60. The van der Waals surface area contributed by atoms with E-state index in [9.17, 15) is 9.18 Å². The number of carbonyl (C=O) groups is 1. The van der Waals surface area contributed by atoms with Crippen molar-refractivity contribution >= 4 is 5.91 Å². The average Bonchev–Trinajstić information content (AvgIpc) is 2.62. The summed E-state index contributed by atoms with van der Waals surface area (Å²) in [4.78, 5) is 12.3. The van der Waals surface area contributed by atoms with Crippen molar-refractivity contribution in [1.82, 2.24) is 10.6 Å². The summed E-state index contributed by atoms with van der Waals surface area (Å²) < 4.78 is 24.5. The minimum atomic E-state index is -0.257. The number of carbonyl (C=O) groups excluding carboxylic acids is 1. The lowest BCUT2D eigenvalue weighted by Crippen LogP contribution is -2.48. The van der Waals surface area contributed by atoms with Crippen molar-refractivity contribution in [2.75, 3.05) is 39.5 Å². The molecule has 0 saturated carbocycles. The number of rotatable bonds is 5. The number of hydrogen-bond donors (Lipinski definition) is 2. The number of halogens is 1. The molecule has 0 radical (unpaired) electrons. The van der Waals surface area contributed by atoms with E-state index in [4.69, 9.17) is 9.47 Å². The molecule has 132 valence electrons. The van der Waals surface area contributed by atoms with Crippen LogP contribution in [0.5, 0.6) is 0 Å². The minimum Gasteiger partial charge on any atom is -0.381 e. The van der Waals surface area contributed by atoms with Gasteiger partial charge in [-0.05, 0) is 30.5 Å². The quantitative estimate of drug-likeness (QED) is 0.853. The summed E-state index contributed by atoms with van der Waals surface area (Å²) in [5.41, 5.74) is 0.678. The summed E-state index contributed by atoms with van der Waals surface area (Å²) in [5.74, 6) is -0.242. The molecule has 0 spiro atoms. The van der Waals surface area contributed by atoms with Gasteiger partial charge in [-0.15, -0.1) is 0 Å². The van der Waals surface area contributed by atoms with Gasteiger partial charge >= 0.3 is 0 Å². The number of ether oxygens (including phenoxy) is 2. The largest absolute Gasteiger partial charge is 0.381 e. The Labute approximate surface area is 141 Å². The van der Waals surface area contributed by atoms with Gasteiger partial charge in [-0.2, -0.15) is 0 Å². The summed E-state index contributed by atoms with van der Waals surface area (Å²) in [7, 11) is 0. The summed E-state index contributed by atoms with van der Waals surface area (Å²) in [6.07, 6.45) is 1.96. The van der Waals surface area contributed by atoms with Crippen LogP contribution in [0.25, 0.3) is 0 Å². The predicted molar refractivity (Wildman–Crippen MR) is 88.4 cm³/mol. The van der Waals surface area contributed by atoms with Gasteiger partial charge < -0.3 is 20.1 Å². The maximum absolute atomic E-state index is 13.7. The van der Waals surface area contributed by atoms with E-state index in [0.29, 0.717) is 39.4 Å². The Bertz CT molecular complexity index is 555. The topological polar surface area (TPSA) is 59.6 Å². The van der Waals surface area contributed by atoms with E-state index >= 15 is 0 Å². The minimum absolute atomic E-state index is 0.000250. The molecular formula is C18H25FN2O3. The Hall–Kier alpha value is -1.50. The van der Waals surface area contributed by atoms with Crippen LogP contribution in [-0.2, 0) is 19.7 Å². The molecule has 0 aliphatic carbocycles. The third-order valence-corrected chi connectivity index (χ3v) is 4.94. The highest BCUT2D eigenvalue weighted by atomic mass is 19.1. The van der Waals surface area contributed by atoms with Crippen LogP contribution in [0, 0.1) is 5.82 Å². The molecule has 2 aliphatic heterocycles. The molecule has 5 nitrogen and oxygen atoms in total. The van der Waals surface area contributed by atoms with E-state index in [1.807, 2.05) is 6.07 Å². The van der Waals surface area contributed by atoms with E-state index < -0.39 is 0 Å². The molecule has 2 aliphatic rings. The van der Waals surface area contributed by atoms with Crippen molar-refractivity contribution in [3.63, 3.8) is 0 Å². The SMILES string of the molecule is O=C(CC1COCCN1)NCC1(c2cccc(F)c2)CCOCC1. The Morgan fingerprint density at radius 2 is 2.12 bits per heavy atom. The van der Waals surface area contributed by atoms with Gasteiger partial charge in [0.1, 0.15) is 5.82 Å². The van der Waals surface area contributed by atoms with Gasteiger partial charge in [-0.1, -0.05) is 12.1 Å². The number of benzene rings is 1. The van der Waals surface area contributed by atoms with Gasteiger partial charge in [-0.3, -0.25) is 4.79 Å².